The molecule has 0 heterocycles. The normalized spacial score (nSPS) is 10.3. The number of halogens is 2. The molecule has 1 rings (SSSR count). The number of carbonyl (C=O) groups is 1. The van der Waals surface area contributed by atoms with Crippen molar-refractivity contribution in [3.8, 4) is 11.5 Å². The van der Waals surface area contributed by atoms with Gasteiger partial charge in [0, 0.05) is 0 Å². The highest BCUT2D eigenvalue weighted by molar-refractivity contribution is 6.01. The average Bonchev–Trinajstić information content (AvgIpc) is 2.28. The molecule has 16 heavy (non-hydrogen) atoms. The maximum Gasteiger partial charge on any atom is 0.300 e. The Morgan fingerprint density at radius 3 is 2.62 bits per heavy atom. The molecular weight excluding hydrogens is 218 g/mol. The molecular formula is C11H12F2O3. The Labute approximate surface area is 92.0 Å². The van der Waals surface area contributed by atoms with Crippen LogP contribution in [0.1, 0.15) is 17.3 Å². The minimum absolute atomic E-state index is 0.0674. The van der Waals surface area contributed by atoms with Crippen LogP contribution in [0.3, 0.4) is 0 Å². The summed E-state index contributed by atoms with van der Waals surface area (Å²) in [5.74, 6) is -0.923. The van der Waals surface area contributed by atoms with Gasteiger partial charge in [0.1, 0.15) is 0 Å². The largest absolute Gasteiger partial charge is 0.493 e. The van der Waals surface area contributed by atoms with Crippen LogP contribution in [-0.4, -0.2) is 25.9 Å². The lowest BCUT2D eigenvalue weighted by Crippen LogP contribution is -2.12. The van der Waals surface area contributed by atoms with Crippen molar-refractivity contribution in [1.29, 1.82) is 0 Å². The molecule has 1 aromatic carbocycles. The maximum atomic E-state index is 12.3. The number of ketones is 1. The van der Waals surface area contributed by atoms with E-state index < -0.39 is 12.2 Å². The van der Waals surface area contributed by atoms with Gasteiger partial charge in [0.05, 0.1) is 19.3 Å². The lowest BCUT2D eigenvalue weighted by Gasteiger charge is -2.12. The Morgan fingerprint density at radius 1 is 1.44 bits per heavy atom. The third kappa shape index (κ3) is 2.48. The van der Waals surface area contributed by atoms with Gasteiger partial charge < -0.3 is 9.47 Å². The quantitative estimate of drug-likeness (QED) is 0.729. The molecule has 0 atom stereocenters. The van der Waals surface area contributed by atoms with Crippen molar-refractivity contribution < 1.29 is 23.0 Å². The summed E-state index contributed by atoms with van der Waals surface area (Å²) in [6.45, 7) is 1.97. The summed E-state index contributed by atoms with van der Waals surface area (Å²) in [5.41, 5.74) is -0.156. The van der Waals surface area contributed by atoms with Crippen molar-refractivity contribution in [2.75, 3.05) is 13.7 Å². The van der Waals surface area contributed by atoms with Crippen molar-refractivity contribution in [2.45, 2.75) is 13.3 Å². The summed E-state index contributed by atoms with van der Waals surface area (Å²) in [4.78, 5) is 11.2. The van der Waals surface area contributed by atoms with Gasteiger partial charge in [-0.25, -0.2) is 8.78 Å². The third-order valence-electron chi connectivity index (χ3n) is 1.95. The SMILES string of the molecule is CCOc1c(OC)cccc1C(=O)C(F)F. The van der Waals surface area contributed by atoms with Crippen LogP contribution in [0.5, 0.6) is 11.5 Å². The van der Waals surface area contributed by atoms with E-state index in [1.807, 2.05) is 0 Å². The second-order valence-electron chi connectivity index (χ2n) is 2.93. The van der Waals surface area contributed by atoms with Crippen LogP contribution in [0.2, 0.25) is 0 Å². The van der Waals surface area contributed by atoms with Crippen molar-refractivity contribution in [3.05, 3.63) is 23.8 Å². The molecule has 0 unspecified atom stereocenters. The number of Topliss-reactive ketones (excluding diaryl/α,β-unsaturated/α-hetero) is 1. The van der Waals surface area contributed by atoms with Crippen molar-refractivity contribution >= 4 is 5.78 Å². The van der Waals surface area contributed by atoms with E-state index in [0.717, 1.165) is 0 Å². The first-order valence-electron chi connectivity index (χ1n) is 4.74. The summed E-state index contributed by atoms with van der Waals surface area (Å²) < 4.78 is 34.7. The van der Waals surface area contributed by atoms with Crippen LogP contribution in [0, 0.1) is 0 Å². The predicted octanol–water partition coefficient (Wildman–Crippen LogP) is 2.54. The van der Waals surface area contributed by atoms with Crippen LogP contribution in [0.4, 0.5) is 8.78 Å². The van der Waals surface area contributed by atoms with E-state index in [-0.39, 0.29) is 23.7 Å². The number of alkyl halides is 2. The van der Waals surface area contributed by atoms with Gasteiger partial charge in [-0.15, -0.1) is 0 Å². The number of hydrogen-bond donors (Lipinski definition) is 0. The van der Waals surface area contributed by atoms with Gasteiger partial charge in [0.15, 0.2) is 11.5 Å². The van der Waals surface area contributed by atoms with Crippen LogP contribution in [0.25, 0.3) is 0 Å². The topological polar surface area (TPSA) is 35.5 Å². The molecule has 5 heteroatoms. The molecule has 0 radical (unpaired) electrons. The second kappa shape index (κ2) is 5.44. The highest BCUT2D eigenvalue weighted by Gasteiger charge is 2.23. The van der Waals surface area contributed by atoms with Gasteiger partial charge in [0.2, 0.25) is 5.78 Å². The van der Waals surface area contributed by atoms with Gasteiger partial charge in [-0.05, 0) is 19.1 Å². The molecule has 0 saturated heterocycles. The molecule has 0 aliphatic carbocycles. The summed E-state index contributed by atoms with van der Waals surface area (Å²) in [5, 5.41) is 0. The zero-order valence-electron chi connectivity index (χ0n) is 9.00. The highest BCUT2D eigenvalue weighted by atomic mass is 19.3. The monoisotopic (exact) mass is 230 g/mol. The van der Waals surface area contributed by atoms with E-state index in [4.69, 9.17) is 9.47 Å². The van der Waals surface area contributed by atoms with Crippen molar-refractivity contribution in [2.24, 2.45) is 0 Å². The number of para-hydroxylation sites is 1. The minimum atomic E-state index is -3.05. The molecule has 0 aromatic heterocycles. The standard InChI is InChI=1S/C11H12F2O3/c1-3-16-10-7(9(14)11(12)13)5-4-6-8(10)15-2/h4-6,11H,3H2,1-2H3. The molecule has 1 aromatic rings. The van der Waals surface area contributed by atoms with E-state index >= 15 is 0 Å². The average molecular weight is 230 g/mol. The Kier molecular flexibility index (Phi) is 4.22. The van der Waals surface area contributed by atoms with E-state index in [2.05, 4.69) is 0 Å². The fourth-order valence-corrected chi connectivity index (χ4v) is 1.28. The number of hydrogen-bond acceptors (Lipinski definition) is 3. The summed E-state index contributed by atoms with van der Waals surface area (Å²) >= 11 is 0. The van der Waals surface area contributed by atoms with Gasteiger partial charge in [-0.2, -0.15) is 0 Å². The fraction of sp³-hybridized carbons (Fsp3) is 0.364. The Morgan fingerprint density at radius 2 is 2.12 bits per heavy atom. The smallest absolute Gasteiger partial charge is 0.300 e. The molecule has 3 nitrogen and oxygen atoms in total. The first kappa shape index (κ1) is 12.4. The lowest BCUT2D eigenvalue weighted by atomic mass is 10.1. The van der Waals surface area contributed by atoms with Gasteiger partial charge >= 0.3 is 6.43 Å². The molecule has 0 N–H and O–H groups in total. The van der Waals surface area contributed by atoms with Crippen LogP contribution < -0.4 is 9.47 Å². The molecule has 88 valence electrons. The Hall–Kier alpha value is -1.65. The zero-order valence-corrected chi connectivity index (χ0v) is 9.00. The lowest BCUT2D eigenvalue weighted by molar-refractivity contribution is 0.0674. The molecule has 0 bridgehead atoms. The highest BCUT2D eigenvalue weighted by Crippen LogP contribution is 2.32. The molecule has 0 spiro atoms. The van der Waals surface area contributed by atoms with Crippen LogP contribution in [-0.2, 0) is 0 Å². The van der Waals surface area contributed by atoms with E-state index in [9.17, 15) is 13.6 Å². The Bertz CT molecular complexity index is 377. The molecule has 0 aliphatic heterocycles. The molecule has 0 amide bonds. The summed E-state index contributed by atoms with van der Waals surface area (Å²) in [6.07, 6.45) is -3.05. The third-order valence-corrected chi connectivity index (χ3v) is 1.95. The molecule has 0 fully saturated rings. The number of ether oxygens (including phenoxy) is 2. The summed E-state index contributed by atoms with van der Waals surface area (Å²) in [6, 6.07) is 4.31. The van der Waals surface area contributed by atoms with E-state index in [0.29, 0.717) is 0 Å². The van der Waals surface area contributed by atoms with Gasteiger partial charge in [-0.1, -0.05) is 6.07 Å². The summed E-state index contributed by atoms with van der Waals surface area (Å²) in [7, 11) is 1.38. The van der Waals surface area contributed by atoms with Gasteiger partial charge in [-0.3, -0.25) is 4.79 Å². The maximum absolute atomic E-state index is 12.3. The number of rotatable bonds is 5. The second-order valence-corrected chi connectivity index (χ2v) is 2.93. The van der Waals surface area contributed by atoms with E-state index in [1.165, 1.54) is 19.2 Å². The number of carbonyl (C=O) groups excluding carboxylic acids is 1. The first-order chi connectivity index (χ1) is 7.61. The van der Waals surface area contributed by atoms with Crippen molar-refractivity contribution in [3.63, 3.8) is 0 Å². The van der Waals surface area contributed by atoms with Crippen LogP contribution >= 0.6 is 0 Å². The Balaban J connectivity index is 3.21. The van der Waals surface area contributed by atoms with Crippen molar-refractivity contribution in [1.82, 2.24) is 0 Å². The zero-order chi connectivity index (χ0) is 12.1. The number of methoxy groups -OCH3 is 1. The molecule has 0 aliphatic rings. The minimum Gasteiger partial charge on any atom is -0.493 e. The van der Waals surface area contributed by atoms with Crippen LogP contribution in [0.15, 0.2) is 18.2 Å². The van der Waals surface area contributed by atoms with Gasteiger partial charge in [0.25, 0.3) is 0 Å². The van der Waals surface area contributed by atoms with E-state index in [1.54, 1.807) is 13.0 Å². The number of benzene rings is 1. The fourth-order valence-electron chi connectivity index (χ4n) is 1.28. The first-order valence-corrected chi connectivity index (χ1v) is 4.74. The molecule has 0 saturated carbocycles. The predicted molar refractivity (Wildman–Crippen MR) is 54.5 cm³/mol.